The van der Waals surface area contributed by atoms with Crippen molar-refractivity contribution < 1.29 is 0 Å². The summed E-state index contributed by atoms with van der Waals surface area (Å²) in [6.45, 7) is 0.669. The SMILES string of the molecule is CN(C)c1ccc2c3c1c(=O)c1c4cn[nH]c4ccc1n3CN2. The summed E-state index contributed by atoms with van der Waals surface area (Å²) in [4.78, 5) is 15.3. The maximum absolute atomic E-state index is 13.3. The molecule has 4 aromatic rings. The highest BCUT2D eigenvalue weighted by atomic mass is 16.1. The van der Waals surface area contributed by atoms with Gasteiger partial charge < -0.3 is 14.8 Å². The van der Waals surface area contributed by atoms with E-state index in [9.17, 15) is 4.79 Å². The van der Waals surface area contributed by atoms with Crippen molar-refractivity contribution in [3.05, 3.63) is 40.7 Å². The normalized spacial score (nSPS) is 13.1. The number of rotatable bonds is 1. The predicted molar refractivity (Wildman–Crippen MR) is 93.3 cm³/mol. The lowest BCUT2D eigenvalue weighted by Gasteiger charge is -2.17. The number of benzene rings is 2. The number of H-pyrrole nitrogens is 1. The van der Waals surface area contributed by atoms with Gasteiger partial charge in [0.25, 0.3) is 0 Å². The third kappa shape index (κ3) is 1.42. The molecule has 0 radical (unpaired) electrons. The number of hydrogen-bond acceptors (Lipinski definition) is 4. The summed E-state index contributed by atoms with van der Waals surface area (Å²) >= 11 is 0. The Hall–Kier alpha value is -3.02. The Morgan fingerprint density at radius 1 is 1.17 bits per heavy atom. The van der Waals surface area contributed by atoms with Crippen LogP contribution in [-0.2, 0) is 6.67 Å². The second kappa shape index (κ2) is 4.04. The van der Waals surface area contributed by atoms with Crippen LogP contribution in [0.25, 0.3) is 32.7 Å². The first-order valence-corrected chi connectivity index (χ1v) is 7.53. The summed E-state index contributed by atoms with van der Waals surface area (Å²) in [5, 5.41) is 12.8. The molecule has 0 atom stereocenters. The van der Waals surface area contributed by atoms with Crippen molar-refractivity contribution in [3.63, 3.8) is 0 Å². The van der Waals surface area contributed by atoms with E-state index in [0.717, 1.165) is 44.1 Å². The number of anilines is 2. The Bertz CT molecular complexity index is 1170. The van der Waals surface area contributed by atoms with Gasteiger partial charge in [-0.1, -0.05) is 0 Å². The highest BCUT2D eigenvalue weighted by Crippen LogP contribution is 2.36. The van der Waals surface area contributed by atoms with Crippen molar-refractivity contribution in [1.29, 1.82) is 0 Å². The highest BCUT2D eigenvalue weighted by Gasteiger charge is 2.22. The van der Waals surface area contributed by atoms with Crippen LogP contribution in [0.4, 0.5) is 11.4 Å². The van der Waals surface area contributed by atoms with Gasteiger partial charge in [-0.25, -0.2) is 0 Å². The van der Waals surface area contributed by atoms with Crippen LogP contribution in [-0.4, -0.2) is 28.9 Å². The van der Waals surface area contributed by atoms with Crippen LogP contribution in [0.3, 0.4) is 0 Å². The van der Waals surface area contributed by atoms with Crippen LogP contribution in [0.15, 0.2) is 35.3 Å². The summed E-state index contributed by atoms with van der Waals surface area (Å²) in [7, 11) is 3.93. The molecule has 1 aliphatic rings. The van der Waals surface area contributed by atoms with E-state index in [0.29, 0.717) is 6.67 Å². The average molecular weight is 305 g/mol. The molecule has 0 fully saturated rings. The van der Waals surface area contributed by atoms with Crippen molar-refractivity contribution in [1.82, 2.24) is 14.8 Å². The van der Waals surface area contributed by atoms with E-state index in [1.54, 1.807) is 6.20 Å². The molecule has 0 saturated carbocycles. The largest absolute Gasteiger partial charge is 0.377 e. The number of pyridine rings is 1. The number of nitrogens with one attached hydrogen (secondary N) is 2. The highest BCUT2D eigenvalue weighted by molar-refractivity contribution is 6.13. The summed E-state index contributed by atoms with van der Waals surface area (Å²) in [6.07, 6.45) is 1.74. The fourth-order valence-electron chi connectivity index (χ4n) is 3.64. The lowest BCUT2D eigenvalue weighted by atomic mass is 10.0. The van der Waals surface area contributed by atoms with Gasteiger partial charge >= 0.3 is 0 Å². The van der Waals surface area contributed by atoms with Crippen LogP contribution < -0.4 is 15.6 Å². The topological polar surface area (TPSA) is 66.0 Å². The maximum Gasteiger partial charge on any atom is 0.200 e. The van der Waals surface area contributed by atoms with Gasteiger partial charge in [0.2, 0.25) is 0 Å². The summed E-state index contributed by atoms with van der Waals surface area (Å²) in [5.74, 6) is 0. The molecule has 0 aliphatic carbocycles. The Kier molecular flexibility index (Phi) is 2.20. The van der Waals surface area contributed by atoms with E-state index < -0.39 is 0 Å². The van der Waals surface area contributed by atoms with Crippen LogP contribution in [0.5, 0.6) is 0 Å². The molecule has 6 heteroatoms. The van der Waals surface area contributed by atoms with Gasteiger partial charge in [-0.2, -0.15) is 5.10 Å². The maximum atomic E-state index is 13.3. The lowest BCUT2D eigenvalue weighted by Crippen LogP contribution is -2.15. The molecule has 3 heterocycles. The molecule has 23 heavy (non-hydrogen) atoms. The zero-order valence-electron chi connectivity index (χ0n) is 12.8. The van der Waals surface area contributed by atoms with Gasteiger partial charge in [0.1, 0.15) is 0 Å². The van der Waals surface area contributed by atoms with Crippen molar-refractivity contribution in [3.8, 4) is 0 Å². The van der Waals surface area contributed by atoms with Gasteiger partial charge in [0.05, 0.1) is 45.9 Å². The minimum Gasteiger partial charge on any atom is -0.377 e. The third-order valence-electron chi connectivity index (χ3n) is 4.68. The van der Waals surface area contributed by atoms with Crippen LogP contribution in [0.1, 0.15) is 0 Å². The van der Waals surface area contributed by atoms with E-state index in [-0.39, 0.29) is 5.43 Å². The summed E-state index contributed by atoms with van der Waals surface area (Å²) in [5.41, 5.74) is 4.82. The minimum absolute atomic E-state index is 0.0625. The molecular formula is C17H15N5O. The first-order valence-electron chi connectivity index (χ1n) is 7.53. The Morgan fingerprint density at radius 3 is 2.87 bits per heavy atom. The molecule has 5 rings (SSSR count). The van der Waals surface area contributed by atoms with Gasteiger partial charge in [-0.15, -0.1) is 0 Å². The van der Waals surface area contributed by atoms with Gasteiger partial charge in [0, 0.05) is 25.2 Å². The van der Waals surface area contributed by atoms with E-state index in [2.05, 4.69) is 20.1 Å². The lowest BCUT2D eigenvalue weighted by molar-refractivity contribution is 0.873. The Morgan fingerprint density at radius 2 is 2.04 bits per heavy atom. The summed E-state index contributed by atoms with van der Waals surface area (Å²) < 4.78 is 2.18. The molecular weight excluding hydrogens is 290 g/mol. The van der Waals surface area contributed by atoms with Crippen molar-refractivity contribution in [2.75, 3.05) is 24.3 Å². The predicted octanol–water partition coefficient (Wildman–Crippen LogP) is 2.48. The monoisotopic (exact) mass is 305 g/mol. The van der Waals surface area contributed by atoms with Gasteiger partial charge in [-0.3, -0.25) is 9.89 Å². The number of aromatic nitrogens is 3. The molecule has 0 saturated heterocycles. The fourth-order valence-corrected chi connectivity index (χ4v) is 3.64. The molecule has 2 N–H and O–H groups in total. The molecule has 2 aromatic heterocycles. The molecule has 2 aromatic carbocycles. The molecule has 0 unspecified atom stereocenters. The number of hydrogen-bond donors (Lipinski definition) is 2. The summed E-state index contributed by atoms with van der Waals surface area (Å²) in [6, 6.07) is 8.02. The Labute approximate surface area is 131 Å². The minimum atomic E-state index is 0.0625. The van der Waals surface area contributed by atoms with Crippen molar-refractivity contribution >= 4 is 44.1 Å². The van der Waals surface area contributed by atoms with E-state index in [1.165, 1.54) is 0 Å². The molecule has 6 nitrogen and oxygen atoms in total. The van der Waals surface area contributed by atoms with Crippen molar-refractivity contribution in [2.24, 2.45) is 0 Å². The fraction of sp³-hybridized carbons (Fsp3) is 0.176. The first kappa shape index (κ1) is 12.5. The quantitative estimate of drug-likeness (QED) is 0.530. The zero-order chi connectivity index (χ0) is 15.7. The number of aromatic amines is 1. The van der Waals surface area contributed by atoms with Crippen LogP contribution in [0, 0.1) is 0 Å². The Balaban J connectivity index is 2.16. The van der Waals surface area contributed by atoms with E-state index >= 15 is 0 Å². The van der Waals surface area contributed by atoms with Crippen molar-refractivity contribution in [2.45, 2.75) is 6.67 Å². The van der Waals surface area contributed by atoms with Crippen LogP contribution in [0.2, 0.25) is 0 Å². The number of fused-ring (bicyclic) bond motifs is 4. The zero-order valence-corrected chi connectivity index (χ0v) is 12.8. The van der Waals surface area contributed by atoms with Gasteiger partial charge in [0.15, 0.2) is 5.43 Å². The standard InChI is InChI=1S/C17H15N5O/c1-21(2)12-5-4-11-16-15(12)17(23)14-9-7-19-20-10(9)3-6-13(14)22(16)8-18-11/h3-7,18H,8H2,1-2H3,(H,19,20). The molecule has 0 amide bonds. The number of nitrogens with zero attached hydrogens (tertiary/aromatic N) is 3. The van der Waals surface area contributed by atoms with Crippen LogP contribution >= 0.6 is 0 Å². The molecule has 1 aliphatic heterocycles. The van der Waals surface area contributed by atoms with E-state index in [1.807, 2.05) is 43.3 Å². The van der Waals surface area contributed by atoms with E-state index in [4.69, 9.17) is 0 Å². The first-order chi connectivity index (χ1) is 11.2. The average Bonchev–Trinajstić information content (AvgIpc) is 3.18. The third-order valence-corrected chi connectivity index (χ3v) is 4.68. The second-order valence-corrected chi connectivity index (χ2v) is 6.13. The second-order valence-electron chi connectivity index (χ2n) is 6.13. The van der Waals surface area contributed by atoms with Gasteiger partial charge in [-0.05, 0) is 24.3 Å². The molecule has 0 spiro atoms. The molecule has 0 bridgehead atoms. The smallest absolute Gasteiger partial charge is 0.200 e. The molecule has 114 valence electrons.